The topological polar surface area (TPSA) is 69.2 Å². The molecule has 0 unspecified atom stereocenters. The van der Waals surface area contributed by atoms with Crippen LogP contribution in [0.15, 0.2) is 35.6 Å². The summed E-state index contributed by atoms with van der Waals surface area (Å²) in [6.07, 6.45) is 2.18. The maximum absolute atomic E-state index is 12.3. The first-order valence-corrected chi connectivity index (χ1v) is 8.41. The van der Waals surface area contributed by atoms with Crippen LogP contribution in [0.1, 0.15) is 33.3 Å². The molecule has 120 valence electrons. The first-order chi connectivity index (χ1) is 10.9. The molecule has 0 fully saturated rings. The molecule has 1 heterocycles. The number of carbonyl (C=O) groups excluding carboxylic acids is 2. The van der Waals surface area contributed by atoms with Gasteiger partial charge in [-0.1, -0.05) is 53.2 Å². The SMILES string of the molecule is CSc1ncc(Cl)c(C(=O)O[C@@H](C)C(=O)c2ccc(C)cc2)n1. The number of rotatable bonds is 5. The second-order valence-electron chi connectivity index (χ2n) is 4.83. The van der Waals surface area contributed by atoms with Gasteiger partial charge in [0.05, 0.1) is 11.2 Å². The van der Waals surface area contributed by atoms with Crippen LogP contribution in [0.4, 0.5) is 0 Å². The van der Waals surface area contributed by atoms with E-state index in [0.717, 1.165) is 5.56 Å². The van der Waals surface area contributed by atoms with Gasteiger partial charge >= 0.3 is 5.97 Å². The molecule has 0 radical (unpaired) electrons. The number of aromatic nitrogens is 2. The molecular formula is C16H15ClN2O3S. The van der Waals surface area contributed by atoms with Gasteiger partial charge in [-0.2, -0.15) is 0 Å². The van der Waals surface area contributed by atoms with Crippen LogP contribution in [-0.2, 0) is 4.74 Å². The quantitative estimate of drug-likeness (QED) is 0.355. The van der Waals surface area contributed by atoms with Crippen molar-refractivity contribution in [1.82, 2.24) is 9.97 Å². The van der Waals surface area contributed by atoms with Gasteiger partial charge in [-0.05, 0) is 20.1 Å². The number of benzene rings is 1. The van der Waals surface area contributed by atoms with E-state index >= 15 is 0 Å². The van der Waals surface area contributed by atoms with Crippen LogP contribution in [0.3, 0.4) is 0 Å². The van der Waals surface area contributed by atoms with Crippen molar-refractivity contribution in [2.45, 2.75) is 25.1 Å². The smallest absolute Gasteiger partial charge is 0.359 e. The van der Waals surface area contributed by atoms with Crippen molar-refractivity contribution >= 4 is 35.1 Å². The van der Waals surface area contributed by atoms with Crippen molar-refractivity contribution in [2.75, 3.05) is 6.26 Å². The Morgan fingerprint density at radius 1 is 1.26 bits per heavy atom. The molecule has 0 aliphatic rings. The highest BCUT2D eigenvalue weighted by Gasteiger charge is 2.23. The molecule has 2 rings (SSSR count). The fourth-order valence-electron chi connectivity index (χ4n) is 1.81. The van der Waals surface area contributed by atoms with Gasteiger partial charge in [0.15, 0.2) is 17.0 Å². The van der Waals surface area contributed by atoms with E-state index in [1.165, 1.54) is 24.9 Å². The number of halogens is 1. The van der Waals surface area contributed by atoms with Crippen molar-refractivity contribution in [2.24, 2.45) is 0 Å². The Morgan fingerprint density at radius 3 is 2.52 bits per heavy atom. The van der Waals surface area contributed by atoms with Gasteiger partial charge in [-0.25, -0.2) is 14.8 Å². The van der Waals surface area contributed by atoms with Crippen LogP contribution in [0.2, 0.25) is 5.02 Å². The summed E-state index contributed by atoms with van der Waals surface area (Å²) in [6, 6.07) is 7.05. The van der Waals surface area contributed by atoms with Crippen molar-refractivity contribution in [1.29, 1.82) is 0 Å². The predicted molar refractivity (Wildman–Crippen MR) is 89.2 cm³/mol. The van der Waals surface area contributed by atoms with Crippen molar-refractivity contribution in [3.63, 3.8) is 0 Å². The number of aryl methyl sites for hydroxylation is 1. The lowest BCUT2D eigenvalue weighted by Gasteiger charge is -2.13. The van der Waals surface area contributed by atoms with E-state index in [0.29, 0.717) is 10.7 Å². The van der Waals surface area contributed by atoms with E-state index in [1.807, 2.05) is 19.1 Å². The molecule has 7 heteroatoms. The molecule has 0 amide bonds. The maximum Gasteiger partial charge on any atom is 0.359 e. The summed E-state index contributed by atoms with van der Waals surface area (Å²) in [5.74, 6) is -1.03. The fraction of sp³-hybridized carbons (Fsp3) is 0.250. The number of ketones is 1. The Balaban J connectivity index is 2.13. The highest BCUT2D eigenvalue weighted by Crippen LogP contribution is 2.18. The third kappa shape index (κ3) is 4.30. The van der Waals surface area contributed by atoms with E-state index in [9.17, 15) is 9.59 Å². The second-order valence-corrected chi connectivity index (χ2v) is 6.01. The first-order valence-electron chi connectivity index (χ1n) is 6.80. The summed E-state index contributed by atoms with van der Waals surface area (Å²) in [5.41, 5.74) is 1.48. The summed E-state index contributed by atoms with van der Waals surface area (Å²) in [4.78, 5) is 32.4. The van der Waals surface area contributed by atoms with Crippen molar-refractivity contribution in [3.8, 4) is 0 Å². The largest absolute Gasteiger partial charge is 0.449 e. The summed E-state index contributed by atoms with van der Waals surface area (Å²) in [5, 5.41) is 0.488. The van der Waals surface area contributed by atoms with Crippen LogP contribution in [0, 0.1) is 6.92 Å². The van der Waals surface area contributed by atoms with Crippen LogP contribution in [0.25, 0.3) is 0 Å². The third-order valence-corrected chi connectivity index (χ3v) is 3.93. The first kappa shape index (κ1) is 17.4. The molecule has 5 nitrogen and oxygen atoms in total. The monoisotopic (exact) mass is 350 g/mol. The molecule has 0 saturated carbocycles. The number of thioether (sulfide) groups is 1. The van der Waals surface area contributed by atoms with E-state index in [2.05, 4.69) is 9.97 Å². The number of hydrogen-bond donors (Lipinski definition) is 0. The molecule has 0 bridgehead atoms. The Hall–Kier alpha value is -1.92. The Labute approximate surface area is 143 Å². The highest BCUT2D eigenvalue weighted by atomic mass is 35.5. The average molecular weight is 351 g/mol. The van der Waals surface area contributed by atoms with Crippen LogP contribution in [0.5, 0.6) is 0 Å². The molecule has 23 heavy (non-hydrogen) atoms. The van der Waals surface area contributed by atoms with Crippen molar-refractivity contribution < 1.29 is 14.3 Å². The Morgan fingerprint density at radius 2 is 1.91 bits per heavy atom. The molecule has 1 aromatic heterocycles. The van der Waals surface area contributed by atoms with Gasteiger partial charge in [-0.3, -0.25) is 4.79 Å². The lowest BCUT2D eigenvalue weighted by Crippen LogP contribution is -2.25. The standard InChI is InChI=1S/C16H15ClN2O3S/c1-9-4-6-11(7-5-9)14(20)10(2)22-15(21)13-12(17)8-18-16(19-13)23-3/h4-8,10H,1-3H3/t10-/m0/s1. The number of carbonyl (C=O) groups is 2. The van der Waals surface area contributed by atoms with E-state index in [4.69, 9.17) is 16.3 Å². The fourth-order valence-corrected chi connectivity index (χ4v) is 2.32. The lowest BCUT2D eigenvalue weighted by atomic mass is 10.1. The van der Waals surface area contributed by atoms with Gasteiger partial charge in [0.1, 0.15) is 0 Å². The molecular weight excluding hydrogens is 336 g/mol. The molecule has 1 aromatic carbocycles. The molecule has 0 N–H and O–H groups in total. The van der Waals surface area contributed by atoms with Gasteiger partial charge in [0.2, 0.25) is 5.78 Å². The average Bonchev–Trinajstić information content (AvgIpc) is 2.55. The number of ether oxygens (including phenoxy) is 1. The molecule has 0 aliphatic carbocycles. The zero-order valence-corrected chi connectivity index (χ0v) is 14.4. The van der Waals surface area contributed by atoms with Crippen molar-refractivity contribution in [3.05, 3.63) is 52.3 Å². The maximum atomic E-state index is 12.3. The third-order valence-electron chi connectivity index (χ3n) is 3.09. The number of hydrogen-bond acceptors (Lipinski definition) is 6. The Bertz CT molecular complexity index is 735. The van der Waals surface area contributed by atoms with Crippen LogP contribution >= 0.6 is 23.4 Å². The molecule has 0 saturated heterocycles. The lowest BCUT2D eigenvalue weighted by molar-refractivity contribution is 0.0312. The zero-order chi connectivity index (χ0) is 17.0. The Kier molecular flexibility index (Phi) is 5.74. The van der Waals surface area contributed by atoms with Gasteiger partial charge in [-0.15, -0.1) is 0 Å². The highest BCUT2D eigenvalue weighted by molar-refractivity contribution is 7.98. The minimum Gasteiger partial charge on any atom is -0.449 e. The summed E-state index contributed by atoms with van der Waals surface area (Å²) in [7, 11) is 0. The molecule has 2 aromatic rings. The summed E-state index contributed by atoms with van der Waals surface area (Å²) >= 11 is 7.20. The second kappa shape index (κ2) is 7.57. The van der Waals surface area contributed by atoms with Gasteiger partial charge in [0, 0.05) is 5.56 Å². The number of Topliss-reactive ketones (excluding diaryl/α,β-unsaturated/α-hetero) is 1. The van der Waals surface area contributed by atoms with E-state index in [-0.39, 0.29) is 16.5 Å². The number of nitrogens with zero attached hydrogens (tertiary/aromatic N) is 2. The predicted octanol–water partition coefficient (Wildman–Crippen LogP) is 3.59. The van der Waals surface area contributed by atoms with Crippen LogP contribution in [-0.4, -0.2) is 34.1 Å². The number of esters is 1. The van der Waals surface area contributed by atoms with E-state index in [1.54, 1.807) is 18.4 Å². The minimum absolute atomic E-state index is 0.0467. The molecule has 0 spiro atoms. The van der Waals surface area contributed by atoms with Gasteiger partial charge in [0.25, 0.3) is 0 Å². The summed E-state index contributed by atoms with van der Waals surface area (Å²) < 4.78 is 5.19. The van der Waals surface area contributed by atoms with Crippen LogP contribution < -0.4 is 0 Å². The normalized spacial score (nSPS) is 11.8. The van der Waals surface area contributed by atoms with E-state index < -0.39 is 12.1 Å². The zero-order valence-electron chi connectivity index (χ0n) is 12.9. The van der Waals surface area contributed by atoms with Gasteiger partial charge < -0.3 is 4.74 Å². The molecule has 0 aliphatic heterocycles. The molecule has 1 atom stereocenters. The summed E-state index contributed by atoms with van der Waals surface area (Å²) in [6.45, 7) is 3.45. The minimum atomic E-state index is -0.936.